The molecule has 32 heavy (non-hydrogen) atoms. The molecule has 3 aromatic rings. The van der Waals surface area contributed by atoms with Gasteiger partial charge in [0.1, 0.15) is 0 Å². The molecular formula is C26H18ClNO4. The van der Waals surface area contributed by atoms with E-state index in [1.165, 1.54) is 24.1 Å². The highest BCUT2D eigenvalue weighted by atomic mass is 35.5. The summed E-state index contributed by atoms with van der Waals surface area (Å²) < 4.78 is 4.80. The molecule has 3 aliphatic carbocycles. The molecule has 1 saturated heterocycles. The van der Waals surface area contributed by atoms with E-state index in [4.69, 9.17) is 16.3 Å². The molecule has 5 nitrogen and oxygen atoms in total. The fourth-order valence-corrected chi connectivity index (χ4v) is 6.05. The molecule has 2 bridgehead atoms. The number of halogens is 1. The second-order valence-corrected chi connectivity index (χ2v) is 8.84. The summed E-state index contributed by atoms with van der Waals surface area (Å²) in [6.07, 6.45) is 0. The van der Waals surface area contributed by atoms with E-state index in [9.17, 15) is 14.4 Å². The third-order valence-corrected chi connectivity index (χ3v) is 7.39. The van der Waals surface area contributed by atoms with E-state index in [1.54, 1.807) is 6.07 Å². The first-order valence-corrected chi connectivity index (χ1v) is 10.8. The number of hydrogen-bond acceptors (Lipinski definition) is 4. The van der Waals surface area contributed by atoms with E-state index < -0.39 is 17.8 Å². The lowest BCUT2D eigenvalue weighted by molar-refractivity contribution is -0.122. The number of amides is 2. The zero-order valence-corrected chi connectivity index (χ0v) is 17.9. The normalized spacial score (nSPS) is 24.8. The second kappa shape index (κ2) is 6.78. The van der Waals surface area contributed by atoms with Crippen LogP contribution in [0.15, 0.2) is 66.7 Å². The average Bonchev–Trinajstić information content (AvgIpc) is 3.09. The highest BCUT2D eigenvalue weighted by molar-refractivity contribution is 6.34. The number of esters is 1. The third kappa shape index (κ3) is 2.37. The highest BCUT2D eigenvalue weighted by Gasteiger charge is 2.61. The van der Waals surface area contributed by atoms with Gasteiger partial charge in [0.2, 0.25) is 11.8 Å². The lowest BCUT2D eigenvalue weighted by Crippen LogP contribution is -2.41. The van der Waals surface area contributed by atoms with Crippen LogP contribution in [-0.4, -0.2) is 24.9 Å². The standard InChI is InChI=1S/C26H18ClNO4/c1-32-26(31)18-12-13(10-11-19(18)27)28-24(29)22-20-14-6-2-3-7-15(14)21(23(22)25(28)30)17-9-5-4-8-16(17)20/h2-12,20-23H,1H3/t20?,21?,22-,23+. The first kappa shape index (κ1) is 19.3. The van der Waals surface area contributed by atoms with E-state index in [-0.39, 0.29) is 34.2 Å². The molecule has 0 saturated carbocycles. The Morgan fingerprint density at radius 1 is 0.812 bits per heavy atom. The van der Waals surface area contributed by atoms with E-state index in [0.29, 0.717) is 5.69 Å². The molecule has 0 N–H and O–H groups in total. The van der Waals surface area contributed by atoms with Crippen molar-refractivity contribution < 1.29 is 19.1 Å². The fourth-order valence-electron chi connectivity index (χ4n) is 5.85. The van der Waals surface area contributed by atoms with Crippen LogP contribution < -0.4 is 4.90 Å². The van der Waals surface area contributed by atoms with Gasteiger partial charge in [-0.15, -0.1) is 0 Å². The average molecular weight is 444 g/mol. The maximum absolute atomic E-state index is 13.8. The molecule has 158 valence electrons. The fraction of sp³-hybridized carbons (Fsp3) is 0.192. The lowest BCUT2D eigenvalue weighted by atomic mass is 9.55. The molecule has 1 heterocycles. The Labute approximate surface area is 189 Å². The van der Waals surface area contributed by atoms with Crippen LogP contribution in [0.4, 0.5) is 5.69 Å². The van der Waals surface area contributed by atoms with Gasteiger partial charge in [-0.25, -0.2) is 9.69 Å². The molecule has 3 aromatic carbocycles. The van der Waals surface area contributed by atoms with Crippen LogP contribution >= 0.6 is 11.6 Å². The Balaban J connectivity index is 1.52. The molecule has 0 radical (unpaired) electrons. The molecule has 4 aliphatic rings. The summed E-state index contributed by atoms with van der Waals surface area (Å²) in [4.78, 5) is 40.9. The van der Waals surface area contributed by atoms with Gasteiger partial charge in [-0.1, -0.05) is 60.1 Å². The van der Waals surface area contributed by atoms with Gasteiger partial charge in [0.15, 0.2) is 0 Å². The van der Waals surface area contributed by atoms with Crippen molar-refractivity contribution in [2.45, 2.75) is 11.8 Å². The van der Waals surface area contributed by atoms with Gasteiger partial charge in [0, 0.05) is 11.8 Å². The van der Waals surface area contributed by atoms with Crippen molar-refractivity contribution in [3.63, 3.8) is 0 Å². The zero-order chi connectivity index (χ0) is 22.1. The van der Waals surface area contributed by atoms with E-state index in [0.717, 1.165) is 22.3 Å². The molecule has 0 spiro atoms. The van der Waals surface area contributed by atoms with Gasteiger partial charge in [-0.3, -0.25) is 9.59 Å². The Hall–Kier alpha value is -3.44. The van der Waals surface area contributed by atoms with Crippen molar-refractivity contribution >= 4 is 35.1 Å². The van der Waals surface area contributed by atoms with E-state index in [2.05, 4.69) is 24.3 Å². The van der Waals surface area contributed by atoms with Crippen molar-refractivity contribution in [2.75, 3.05) is 12.0 Å². The number of nitrogens with zero attached hydrogens (tertiary/aromatic N) is 1. The van der Waals surface area contributed by atoms with Crippen LogP contribution in [0.5, 0.6) is 0 Å². The van der Waals surface area contributed by atoms with Gasteiger partial charge in [-0.2, -0.15) is 0 Å². The number of hydrogen-bond donors (Lipinski definition) is 0. The molecule has 2 atom stereocenters. The van der Waals surface area contributed by atoms with Gasteiger partial charge in [0.05, 0.1) is 35.2 Å². The molecule has 1 fully saturated rings. The van der Waals surface area contributed by atoms with Crippen molar-refractivity contribution in [3.05, 3.63) is 99.6 Å². The maximum atomic E-state index is 13.8. The minimum absolute atomic E-state index is 0.122. The summed E-state index contributed by atoms with van der Waals surface area (Å²) in [5, 5.41) is 0.206. The monoisotopic (exact) mass is 443 g/mol. The summed E-state index contributed by atoms with van der Waals surface area (Å²) in [5.74, 6) is -2.40. The Bertz CT molecular complexity index is 1220. The molecule has 0 aromatic heterocycles. The number of carbonyl (C=O) groups is 3. The molecule has 1 aliphatic heterocycles. The predicted octanol–water partition coefficient (Wildman–Crippen LogP) is 4.52. The van der Waals surface area contributed by atoms with E-state index in [1.807, 2.05) is 24.3 Å². The van der Waals surface area contributed by atoms with Crippen LogP contribution in [-0.2, 0) is 14.3 Å². The molecule has 2 amide bonds. The summed E-state index contributed by atoms with van der Waals surface area (Å²) >= 11 is 6.16. The van der Waals surface area contributed by atoms with Crippen LogP contribution in [0.1, 0.15) is 44.4 Å². The first-order chi connectivity index (χ1) is 15.5. The van der Waals surface area contributed by atoms with Crippen molar-refractivity contribution in [3.8, 4) is 0 Å². The van der Waals surface area contributed by atoms with Gasteiger partial charge >= 0.3 is 5.97 Å². The summed E-state index contributed by atoms with van der Waals surface area (Å²) in [6.45, 7) is 0. The predicted molar refractivity (Wildman–Crippen MR) is 119 cm³/mol. The summed E-state index contributed by atoms with van der Waals surface area (Å²) in [6, 6.07) is 20.8. The number of imide groups is 1. The number of rotatable bonds is 2. The molecule has 7 rings (SSSR count). The quantitative estimate of drug-likeness (QED) is 0.431. The maximum Gasteiger partial charge on any atom is 0.339 e. The first-order valence-electron chi connectivity index (χ1n) is 10.5. The summed E-state index contributed by atoms with van der Waals surface area (Å²) in [7, 11) is 1.26. The van der Waals surface area contributed by atoms with Gasteiger partial charge in [-0.05, 0) is 40.5 Å². The van der Waals surface area contributed by atoms with Crippen LogP contribution in [0, 0.1) is 11.8 Å². The molecular weight excluding hydrogens is 426 g/mol. The van der Waals surface area contributed by atoms with Gasteiger partial charge in [0.25, 0.3) is 0 Å². The number of methoxy groups -OCH3 is 1. The SMILES string of the molecule is COC(=O)c1cc(N2C(=O)[C@@H]3C4c5ccccc5C(c5ccccc54)[C@@H]3C2=O)ccc1Cl. The second-order valence-electron chi connectivity index (χ2n) is 8.43. The van der Waals surface area contributed by atoms with E-state index >= 15 is 0 Å². The minimum Gasteiger partial charge on any atom is -0.465 e. The smallest absolute Gasteiger partial charge is 0.339 e. The minimum atomic E-state index is -0.617. The number of carbonyl (C=O) groups excluding carboxylic acids is 3. The largest absolute Gasteiger partial charge is 0.465 e. The Kier molecular flexibility index (Phi) is 4.08. The molecule has 0 unspecified atom stereocenters. The topological polar surface area (TPSA) is 63.7 Å². The third-order valence-electron chi connectivity index (χ3n) is 7.06. The summed E-state index contributed by atoms with van der Waals surface area (Å²) in [5.41, 5.74) is 4.93. The number of anilines is 1. The Morgan fingerprint density at radius 2 is 1.28 bits per heavy atom. The van der Waals surface area contributed by atoms with Crippen molar-refractivity contribution in [1.82, 2.24) is 0 Å². The van der Waals surface area contributed by atoms with Crippen molar-refractivity contribution in [1.29, 1.82) is 0 Å². The van der Waals surface area contributed by atoms with Crippen LogP contribution in [0.25, 0.3) is 0 Å². The molecule has 6 heteroatoms. The lowest BCUT2D eigenvalue weighted by Gasteiger charge is -2.45. The van der Waals surface area contributed by atoms with Crippen LogP contribution in [0.2, 0.25) is 5.02 Å². The van der Waals surface area contributed by atoms with Crippen LogP contribution in [0.3, 0.4) is 0 Å². The highest BCUT2D eigenvalue weighted by Crippen LogP contribution is 2.61. The van der Waals surface area contributed by atoms with Crippen molar-refractivity contribution in [2.24, 2.45) is 11.8 Å². The van der Waals surface area contributed by atoms with Gasteiger partial charge < -0.3 is 4.74 Å². The zero-order valence-electron chi connectivity index (χ0n) is 17.1. The number of ether oxygens (including phenoxy) is 1. The Morgan fingerprint density at radius 3 is 1.72 bits per heavy atom. The number of benzene rings is 3.